The molecule has 0 saturated carbocycles. The number of nitrogens with one attached hydrogen (secondary N) is 2. The Bertz CT molecular complexity index is 462. The molecule has 1 fully saturated rings. The molecule has 5 nitrogen and oxygen atoms in total. The minimum absolute atomic E-state index is 0.0642. The topological polar surface area (TPSA) is 63.2 Å². The number of rotatable bonds is 6. The van der Waals surface area contributed by atoms with Gasteiger partial charge in [0.2, 0.25) is 11.8 Å². The van der Waals surface area contributed by atoms with Gasteiger partial charge >= 0.3 is 0 Å². The second-order valence-electron chi connectivity index (χ2n) is 5.34. The molecule has 1 aromatic rings. The quantitative estimate of drug-likeness (QED) is 0.835. The van der Waals surface area contributed by atoms with Gasteiger partial charge in [-0.3, -0.25) is 4.79 Å². The van der Waals surface area contributed by atoms with E-state index in [4.69, 9.17) is 4.74 Å². The maximum absolute atomic E-state index is 12.0. The van der Waals surface area contributed by atoms with Crippen LogP contribution in [0.4, 0.5) is 0 Å². The summed E-state index contributed by atoms with van der Waals surface area (Å²) in [6.07, 6.45) is 2.29. The largest absolute Gasteiger partial charge is 0.475 e. The van der Waals surface area contributed by atoms with Crippen LogP contribution in [0.3, 0.4) is 0 Å². The van der Waals surface area contributed by atoms with Crippen LogP contribution in [-0.4, -0.2) is 41.1 Å². The fourth-order valence-corrected chi connectivity index (χ4v) is 3.08. The van der Waals surface area contributed by atoms with Crippen molar-refractivity contribution in [2.45, 2.75) is 39.0 Å². The minimum Gasteiger partial charge on any atom is -0.475 e. The molecule has 0 spiro atoms. The van der Waals surface area contributed by atoms with Gasteiger partial charge in [-0.05, 0) is 19.9 Å². The molecule has 1 saturated heterocycles. The molecular weight excluding hydrogens is 286 g/mol. The summed E-state index contributed by atoms with van der Waals surface area (Å²) < 4.78 is 5.65. The molecule has 2 rings (SSSR count). The number of hydrogen-bond acceptors (Lipinski definition) is 5. The zero-order valence-corrected chi connectivity index (χ0v) is 13.4. The van der Waals surface area contributed by atoms with Gasteiger partial charge in [-0.2, -0.15) is 11.8 Å². The molecule has 0 radical (unpaired) electrons. The molecule has 1 aliphatic rings. The highest BCUT2D eigenvalue weighted by atomic mass is 32.2. The van der Waals surface area contributed by atoms with E-state index in [1.807, 2.05) is 37.7 Å². The van der Waals surface area contributed by atoms with Gasteiger partial charge in [0.1, 0.15) is 0 Å². The molecule has 1 amide bonds. The molecule has 0 bridgehead atoms. The molecule has 1 aliphatic heterocycles. The van der Waals surface area contributed by atoms with Crippen molar-refractivity contribution in [1.82, 2.24) is 15.6 Å². The summed E-state index contributed by atoms with van der Waals surface area (Å²) in [7, 11) is 0. The molecular formula is C15H23N3O2S. The van der Waals surface area contributed by atoms with E-state index < -0.39 is 0 Å². The van der Waals surface area contributed by atoms with Gasteiger partial charge in [-0.25, -0.2) is 4.98 Å². The van der Waals surface area contributed by atoms with Gasteiger partial charge in [-0.1, -0.05) is 6.07 Å². The molecule has 116 valence electrons. The normalized spacial score (nSPS) is 18.5. The van der Waals surface area contributed by atoms with Crippen molar-refractivity contribution in [2.24, 2.45) is 0 Å². The molecule has 0 aliphatic carbocycles. The Hall–Kier alpha value is -1.27. The van der Waals surface area contributed by atoms with Crippen LogP contribution in [0.5, 0.6) is 5.88 Å². The molecule has 1 unspecified atom stereocenters. The van der Waals surface area contributed by atoms with Gasteiger partial charge in [0.15, 0.2) is 0 Å². The van der Waals surface area contributed by atoms with Crippen molar-refractivity contribution in [3.05, 3.63) is 23.9 Å². The van der Waals surface area contributed by atoms with Gasteiger partial charge in [-0.15, -0.1) is 0 Å². The first-order valence-electron chi connectivity index (χ1n) is 7.33. The average molecular weight is 309 g/mol. The van der Waals surface area contributed by atoms with Crippen molar-refractivity contribution in [3.63, 3.8) is 0 Å². The van der Waals surface area contributed by atoms with Gasteiger partial charge < -0.3 is 15.4 Å². The summed E-state index contributed by atoms with van der Waals surface area (Å²) in [6.45, 7) is 5.36. The minimum atomic E-state index is 0.0642. The first-order valence-corrected chi connectivity index (χ1v) is 8.49. The van der Waals surface area contributed by atoms with Crippen LogP contribution in [0.15, 0.2) is 18.3 Å². The number of aromatic nitrogens is 1. The van der Waals surface area contributed by atoms with E-state index in [0.717, 1.165) is 23.6 Å². The Morgan fingerprint density at radius 1 is 1.62 bits per heavy atom. The smallest absolute Gasteiger partial charge is 0.221 e. The molecule has 6 heteroatoms. The lowest BCUT2D eigenvalue weighted by Gasteiger charge is -2.22. The molecule has 2 heterocycles. The van der Waals surface area contributed by atoms with E-state index in [9.17, 15) is 4.79 Å². The van der Waals surface area contributed by atoms with E-state index in [1.165, 1.54) is 0 Å². The Labute approximate surface area is 130 Å². The molecule has 1 aromatic heterocycles. The van der Waals surface area contributed by atoms with E-state index in [2.05, 4.69) is 15.6 Å². The third-order valence-electron chi connectivity index (χ3n) is 3.10. The Balaban J connectivity index is 1.83. The lowest BCUT2D eigenvalue weighted by Crippen LogP contribution is -2.41. The van der Waals surface area contributed by atoms with E-state index in [-0.39, 0.29) is 18.1 Å². The van der Waals surface area contributed by atoms with Gasteiger partial charge in [0.25, 0.3) is 0 Å². The first-order chi connectivity index (χ1) is 10.1. The van der Waals surface area contributed by atoms with Crippen LogP contribution in [0.2, 0.25) is 0 Å². The van der Waals surface area contributed by atoms with Crippen molar-refractivity contribution >= 4 is 17.7 Å². The number of ether oxygens (including phenoxy) is 1. The number of carbonyl (C=O) groups is 1. The third kappa shape index (κ3) is 5.55. The Morgan fingerprint density at radius 2 is 2.48 bits per heavy atom. The molecule has 1 atom stereocenters. The van der Waals surface area contributed by atoms with E-state index in [1.54, 1.807) is 6.20 Å². The van der Waals surface area contributed by atoms with Crippen LogP contribution < -0.4 is 15.4 Å². The van der Waals surface area contributed by atoms with Crippen LogP contribution in [0.25, 0.3) is 0 Å². The number of carbonyl (C=O) groups excluding carboxylic acids is 1. The highest BCUT2D eigenvalue weighted by Gasteiger charge is 2.17. The van der Waals surface area contributed by atoms with Crippen LogP contribution in [-0.2, 0) is 11.3 Å². The zero-order chi connectivity index (χ0) is 15.1. The number of nitrogens with zero attached hydrogens (tertiary/aromatic N) is 1. The maximum atomic E-state index is 12.0. The summed E-state index contributed by atoms with van der Waals surface area (Å²) in [6, 6.07) is 4.07. The summed E-state index contributed by atoms with van der Waals surface area (Å²) in [4.78, 5) is 16.2. The fraction of sp³-hybridized carbons (Fsp3) is 0.600. The fourth-order valence-electron chi connectivity index (χ4n) is 2.13. The van der Waals surface area contributed by atoms with Crippen LogP contribution in [0.1, 0.15) is 25.8 Å². The average Bonchev–Trinajstić information content (AvgIpc) is 2.47. The highest BCUT2D eigenvalue weighted by Crippen LogP contribution is 2.16. The number of pyridine rings is 1. The van der Waals surface area contributed by atoms with Crippen molar-refractivity contribution in [3.8, 4) is 5.88 Å². The predicted molar refractivity (Wildman–Crippen MR) is 85.6 cm³/mol. The monoisotopic (exact) mass is 309 g/mol. The second kappa shape index (κ2) is 8.24. The van der Waals surface area contributed by atoms with Crippen molar-refractivity contribution < 1.29 is 9.53 Å². The van der Waals surface area contributed by atoms with E-state index in [0.29, 0.717) is 18.8 Å². The second-order valence-corrected chi connectivity index (χ2v) is 6.49. The lowest BCUT2D eigenvalue weighted by molar-refractivity contribution is -0.121. The third-order valence-corrected chi connectivity index (χ3v) is 4.23. The summed E-state index contributed by atoms with van der Waals surface area (Å²) in [5.41, 5.74) is 0.908. The van der Waals surface area contributed by atoms with Crippen LogP contribution in [0, 0.1) is 0 Å². The highest BCUT2D eigenvalue weighted by molar-refractivity contribution is 7.99. The SMILES string of the molecule is CC(C)Oc1ncccc1CNC(=O)CC1CSCCN1. The van der Waals surface area contributed by atoms with Crippen molar-refractivity contribution in [2.75, 3.05) is 18.1 Å². The van der Waals surface area contributed by atoms with Crippen molar-refractivity contribution in [1.29, 1.82) is 0 Å². The molecule has 0 aromatic carbocycles. The van der Waals surface area contributed by atoms with E-state index >= 15 is 0 Å². The Kier molecular flexibility index (Phi) is 6.32. The molecule has 21 heavy (non-hydrogen) atoms. The predicted octanol–water partition coefficient (Wildman–Crippen LogP) is 1.58. The summed E-state index contributed by atoms with van der Waals surface area (Å²) in [5.74, 6) is 2.79. The first kappa shape index (κ1) is 16.1. The zero-order valence-electron chi connectivity index (χ0n) is 12.6. The van der Waals surface area contributed by atoms with Gasteiger partial charge in [0, 0.05) is 48.8 Å². The standard InChI is InChI=1S/C15H23N3O2S/c1-11(2)20-15-12(4-3-5-17-15)9-18-14(19)8-13-10-21-7-6-16-13/h3-5,11,13,16H,6-10H2,1-2H3,(H,18,19). The summed E-state index contributed by atoms with van der Waals surface area (Å²) in [5, 5.41) is 6.32. The summed E-state index contributed by atoms with van der Waals surface area (Å²) >= 11 is 1.90. The van der Waals surface area contributed by atoms with Crippen LogP contribution >= 0.6 is 11.8 Å². The Morgan fingerprint density at radius 3 is 3.19 bits per heavy atom. The maximum Gasteiger partial charge on any atom is 0.221 e. The lowest BCUT2D eigenvalue weighted by atomic mass is 10.2. The number of amides is 1. The molecule has 2 N–H and O–H groups in total. The number of hydrogen-bond donors (Lipinski definition) is 2. The van der Waals surface area contributed by atoms with Gasteiger partial charge in [0.05, 0.1) is 6.10 Å². The number of thioether (sulfide) groups is 1.